The second-order valence-electron chi connectivity index (χ2n) is 6.53. The summed E-state index contributed by atoms with van der Waals surface area (Å²) in [6, 6.07) is 14.2. The molecule has 1 aliphatic rings. The van der Waals surface area contributed by atoms with Gasteiger partial charge in [-0.25, -0.2) is 0 Å². The number of likely N-dealkylation sites (tertiary alicyclic amines) is 1. The monoisotopic (exact) mass is 356 g/mol. The van der Waals surface area contributed by atoms with Crippen LogP contribution in [-0.4, -0.2) is 35.6 Å². The van der Waals surface area contributed by atoms with Gasteiger partial charge in [0, 0.05) is 18.7 Å². The van der Waals surface area contributed by atoms with Crippen molar-refractivity contribution in [2.24, 2.45) is 0 Å². The van der Waals surface area contributed by atoms with Crippen LogP contribution < -0.4 is 9.47 Å². The molecule has 0 saturated carbocycles. The van der Waals surface area contributed by atoms with Gasteiger partial charge in [0.25, 0.3) is 0 Å². The molecule has 0 N–H and O–H groups in total. The smallest absolute Gasteiger partial charge is 0.311 e. The van der Waals surface area contributed by atoms with Gasteiger partial charge in [0.05, 0.1) is 11.5 Å². The van der Waals surface area contributed by atoms with Crippen LogP contribution in [0, 0.1) is 10.1 Å². The third-order valence-corrected chi connectivity index (χ3v) is 4.66. The number of para-hydroxylation sites is 2. The Bertz CT molecular complexity index is 733. The molecule has 0 unspecified atom stereocenters. The first kappa shape index (κ1) is 18.2. The fourth-order valence-corrected chi connectivity index (χ4v) is 3.21. The number of rotatable bonds is 8. The van der Waals surface area contributed by atoms with E-state index >= 15 is 0 Å². The Hall–Kier alpha value is -2.60. The van der Waals surface area contributed by atoms with Crippen LogP contribution in [0.5, 0.6) is 17.2 Å². The van der Waals surface area contributed by atoms with E-state index in [4.69, 9.17) is 9.47 Å². The van der Waals surface area contributed by atoms with Crippen LogP contribution in [0.4, 0.5) is 5.69 Å². The van der Waals surface area contributed by atoms with Crippen molar-refractivity contribution in [2.75, 3.05) is 19.7 Å². The highest BCUT2D eigenvalue weighted by Crippen LogP contribution is 2.31. The summed E-state index contributed by atoms with van der Waals surface area (Å²) in [6.07, 6.45) is 3.59. The molecule has 2 aromatic rings. The third kappa shape index (κ3) is 4.73. The lowest BCUT2D eigenvalue weighted by Crippen LogP contribution is -2.28. The molecule has 0 spiro atoms. The van der Waals surface area contributed by atoms with Crippen LogP contribution in [0.25, 0.3) is 0 Å². The number of nitro groups is 1. The zero-order chi connectivity index (χ0) is 18.4. The van der Waals surface area contributed by atoms with Gasteiger partial charge in [-0.2, -0.15) is 0 Å². The Kier molecular flexibility index (Phi) is 6.07. The second kappa shape index (κ2) is 8.67. The molecule has 0 radical (unpaired) electrons. The SMILES string of the molecule is C[C@@H]1CCCN1CCCOc1ccc(Oc2ccccc2[N+](=O)[O-])cc1. The number of nitrogens with zero attached hydrogens (tertiary/aromatic N) is 2. The number of hydrogen-bond donors (Lipinski definition) is 0. The van der Waals surface area contributed by atoms with Crippen molar-refractivity contribution in [3.05, 3.63) is 58.6 Å². The summed E-state index contributed by atoms with van der Waals surface area (Å²) in [6.45, 7) is 5.22. The van der Waals surface area contributed by atoms with Gasteiger partial charge < -0.3 is 14.4 Å². The Morgan fingerprint density at radius 3 is 2.58 bits per heavy atom. The van der Waals surface area contributed by atoms with E-state index < -0.39 is 4.92 Å². The van der Waals surface area contributed by atoms with Crippen LogP contribution in [0.15, 0.2) is 48.5 Å². The fourth-order valence-electron chi connectivity index (χ4n) is 3.21. The van der Waals surface area contributed by atoms with E-state index in [1.54, 1.807) is 30.3 Å². The molecule has 1 atom stereocenters. The zero-order valence-electron chi connectivity index (χ0n) is 15.0. The molecule has 6 heteroatoms. The maximum Gasteiger partial charge on any atom is 0.311 e. The summed E-state index contributed by atoms with van der Waals surface area (Å²) in [5, 5.41) is 11.0. The molecule has 2 aromatic carbocycles. The van der Waals surface area contributed by atoms with Gasteiger partial charge >= 0.3 is 5.69 Å². The quantitative estimate of drug-likeness (QED) is 0.392. The minimum absolute atomic E-state index is 0.0519. The Labute approximate surface area is 153 Å². The maximum absolute atomic E-state index is 11.0. The third-order valence-electron chi connectivity index (χ3n) is 4.66. The van der Waals surface area contributed by atoms with Gasteiger partial charge in [-0.15, -0.1) is 0 Å². The topological polar surface area (TPSA) is 64.8 Å². The van der Waals surface area contributed by atoms with Crippen LogP contribution >= 0.6 is 0 Å². The van der Waals surface area contributed by atoms with Crippen molar-refractivity contribution < 1.29 is 14.4 Å². The number of benzene rings is 2. The molecular weight excluding hydrogens is 332 g/mol. The predicted octanol–water partition coefficient (Wildman–Crippen LogP) is 4.64. The highest BCUT2D eigenvalue weighted by molar-refractivity contribution is 5.48. The van der Waals surface area contributed by atoms with Gasteiger partial charge in [0.2, 0.25) is 5.75 Å². The second-order valence-corrected chi connectivity index (χ2v) is 6.53. The van der Waals surface area contributed by atoms with Gasteiger partial charge in [-0.1, -0.05) is 12.1 Å². The van der Waals surface area contributed by atoms with Crippen LogP contribution in [0.1, 0.15) is 26.2 Å². The molecule has 1 aliphatic heterocycles. The zero-order valence-corrected chi connectivity index (χ0v) is 15.0. The average molecular weight is 356 g/mol. The Balaban J connectivity index is 1.48. The van der Waals surface area contributed by atoms with Crippen molar-refractivity contribution >= 4 is 5.69 Å². The van der Waals surface area contributed by atoms with E-state index in [1.807, 2.05) is 12.1 Å². The van der Waals surface area contributed by atoms with E-state index in [2.05, 4.69) is 11.8 Å². The highest BCUT2D eigenvalue weighted by Gasteiger charge is 2.19. The maximum atomic E-state index is 11.0. The lowest BCUT2D eigenvalue weighted by Gasteiger charge is -2.20. The van der Waals surface area contributed by atoms with E-state index in [0.29, 0.717) is 18.4 Å². The molecule has 0 aromatic heterocycles. The first-order chi connectivity index (χ1) is 12.6. The minimum Gasteiger partial charge on any atom is -0.494 e. The standard InChI is InChI=1S/C20H24N2O4/c1-16-6-4-13-21(16)14-5-15-25-17-9-11-18(12-10-17)26-20-8-3-2-7-19(20)22(23)24/h2-3,7-12,16H,4-6,13-15H2,1H3/t16-/m1/s1. The highest BCUT2D eigenvalue weighted by atomic mass is 16.6. The molecular formula is C20H24N2O4. The van der Waals surface area contributed by atoms with Gasteiger partial charge in [-0.05, 0) is 63.1 Å². The summed E-state index contributed by atoms with van der Waals surface area (Å²) in [5.41, 5.74) is -0.0519. The van der Waals surface area contributed by atoms with Crippen molar-refractivity contribution in [1.82, 2.24) is 4.90 Å². The lowest BCUT2D eigenvalue weighted by molar-refractivity contribution is -0.385. The molecule has 3 rings (SSSR count). The summed E-state index contributed by atoms with van der Waals surface area (Å²) >= 11 is 0. The number of ether oxygens (including phenoxy) is 2. The first-order valence-electron chi connectivity index (χ1n) is 9.01. The molecule has 6 nitrogen and oxygen atoms in total. The largest absolute Gasteiger partial charge is 0.494 e. The normalized spacial score (nSPS) is 17.2. The van der Waals surface area contributed by atoms with Crippen molar-refractivity contribution in [3.63, 3.8) is 0 Å². The Morgan fingerprint density at radius 2 is 1.88 bits per heavy atom. The van der Waals surface area contributed by atoms with Gasteiger partial charge in [0.15, 0.2) is 0 Å². The van der Waals surface area contributed by atoms with Crippen LogP contribution in [0.2, 0.25) is 0 Å². The molecule has 1 saturated heterocycles. The lowest BCUT2D eigenvalue weighted by atomic mass is 10.2. The fraction of sp³-hybridized carbons (Fsp3) is 0.400. The van der Waals surface area contributed by atoms with Crippen molar-refractivity contribution in [1.29, 1.82) is 0 Å². The van der Waals surface area contributed by atoms with Crippen molar-refractivity contribution in [2.45, 2.75) is 32.2 Å². The van der Waals surface area contributed by atoms with Crippen LogP contribution in [0.3, 0.4) is 0 Å². The number of hydrogen-bond acceptors (Lipinski definition) is 5. The number of nitro benzene ring substituents is 1. The summed E-state index contributed by atoms with van der Waals surface area (Å²) in [4.78, 5) is 13.1. The molecule has 0 amide bonds. The summed E-state index contributed by atoms with van der Waals surface area (Å²) < 4.78 is 11.4. The molecule has 138 valence electrons. The summed E-state index contributed by atoms with van der Waals surface area (Å²) in [7, 11) is 0. The van der Waals surface area contributed by atoms with Gasteiger partial charge in [-0.3, -0.25) is 10.1 Å². The molecule has 1 heterocycles. The van der Waals surface area contributed by atoms with Gasteiger partial charge in [0.1, 0.15) is 11.5 Å². The van der Waals surface area contributed by atoms with E-state index in [9.17, 15) is 10.1 Å². The molecule has 0 aliphatic carbocycles. The average Bonchev–Trinajstić information content (AvgIpc) is 3.05. The Morgan fingerprint density at radius 1 is 1.15 bits per heavy atom. The molecule has 26 heavy (non-hydrogen) atoms. The molecule has 1 fully saturated rings. The molecule has 0 bridgehead atoms. The minimum atomic E-state index is -0.450. The first-order valence-corrected chi connectivity index (χ1v) is 9.01. The predicted molar refractivity (Wildman–Crippen MR) is 100.0 cm³/mol. The van der Waals surface area contributed by atoms with E-state index in [-0.39, 0.29) is 11.4 Å². The van der Waals surface area contributed by atoms with E-state index in [0.717, 1.165) is 18.7 Å². The van der Waals surface area contributed by atoms with Crippen LogP contribution in [-0.2, 0) is 0 Å². The summed E-state index contributed by atoms with van der Waals surface area (Å²) in [5.74, 6) is 1.54. The van der Waals surface area contributed by atoms with E-state index in [1.165, 1.54) is 25.5 Å². The van der Waals surface area contributed by atoms with Crippen molar-refractivity contribution in [3.8, 4) is 17.2 Å².